The van der Waals surface area contributed by atoms with E-state index in [0.717, 1.165) is 25.1 Å². The fraction of sp³-hybridized carbons (Fsp3) is 0.462. The third-order valence-electron chi connectivity index (χ3n) is 3.55. The van der Waals surface area contributed by atoms with Crippen LogP contribution in [0.2, 0.25) is 5.02 Å². The Morgan fingerprint density at radius 1 is 1.50 bits per heavy atom. The number of hydrogen-bond donors (Lipinski definition) is 2. The number of aryl methyl sites for hydroxylation is 1. The summed E-state index contributed by atoms with van der Waals surface area (Å²) in [5.41, 5.74) is 0.508. The standard InChI is InChI=1S/C13H16ClN5O/c1-8-16-12(18-17-8)11-4-2-3-5-19(11)13(20)10-6-9(14)7-15-10/h6-7,11,15H,2-5H2,1H3,(H,16,17,18). The van der Waals surface area contributed by atoms with Crippen LogP contribution in [0.1, 0.15) is 47.4 Å². The molecule has 1 atom stereocenters. The van der Waals surface area contributed by atoms with Crippen molar-refractivity contribution in [2.75, 3.05) is 6.54 Å². The summed E-state index contributed by atoms with van der Waals surface area (Å²) in [6.45, 7) is 2.57. The van der Waals surface area contributed by atoms with Gasteiger partial charge in [-0.15, -0.1) is 0 Å². The number of aromatic nitrogens is 4. The zero-order chi connectivity index (χ0) is 14.1. The van der Waals surface area contributed by atoms with Crippen molar-refractivity contribution in [2.45, 2.75) is 32.2 Å². The maximum absolute atomic E-state index is 12.6. The Labute approximate surface area is 121 Å². The van der Waals surface area contributed by atoms with Gasteiger partial charge in [0, 0.05) is 12.7 Å². The second kappa shape index (κ2) is 5.28. The van der Waals surface area contributed by atoms with Crippen LogP contribution in [0.25, 0.3) is 0 Å². The number of carbonyl (C=O) groups is 1. The van der Waals surface area contributed by atoms with E-state index in [2.05, 4.69) is 20.2 Å². The summed E-state index contributed by atoms with van der Waals surface area (Å²) in [6, 6.07) is 1.59. The smallest absolute Gasteiger partial charge is 0.270 e. The number of nitrogens with zero attached hydrogens (tertiary/aromatic N) is 3. The van der Waals surface area contributed by atoms with E-state index in [-0.39, 0.29) is 11.9 Å². The molecule has 106 valence electrons. The summed E-state index contributed by atoms with van der Waals surface area (Å²) in [5, 5.41) is 7.58. The van der Waals surface area contributed by atoms with Gasteiger partial charge in [-0.2, -0.15) is 5.10 Å². The molecule has 6 nitrogen and oxygen atoms in total. The van der Waals surface area contributed by atoms with Crippen molar-refractivity contribution < 1.29 is 4.79 Å². The Morgan fingerprint density at radius 3 is 3.00 bits per heavy atom. The zero-order valence-electron chi connectivity index (χ0n) is 11.2. The number of halogens is 1. The second-order valence-electron chi connectivity index (χ2n) is 5.02. The second-order valence-corrected chi connectivity index (χ2v) is 5.46. The Balaban J connectivity index is 1.87. The molecule has 2 aromatic heterocycles. The summed E-state index contributed by atoms with van der Waals surface area (Å²) in [4.78, 5) is 21.7. The number of rotatable bonds is 2. The third-order valence-corrected chi connectivity index (χ3v) is 3.77. The maximum Gasteiger partial charge on any atom is 0.270 e. The summed E-state index contributed by atoms with van der Waals surface area (Å²) >= 11 is 5.87. The fourth-order valence-electron chi connectivity index (χ4n) is 2.60. The molecule has 1 aliphatic heterocycles. The molecule has 1 saturated heterocycles. The highest BCUT2D eigenvalue weighted by molar-refractivity contribution is 6.30. The minimum atomic E-state index is -0.0664. The molecule has 0 radical (unpaired) electrons. The molecule has 1 unspecified atom stereocenters. The monoisotopic (exact) mass is 293 g/mol. The first-order chi connectivity index (χ1) is 9.65. The molecule has 0 aliphatic carbocycles. The Bertz CT molecular complexity index is 620. The summed E-state index contributed by atoms with van der Waals surface area (Å²) in [5.74, 6) is 1.40. The Hall–Kier alpha value is -1.82. The van der Waals surface area contributed by atoms with Gasteiger partial charge in [0.05, 0.1) is 11.1 Å². The van der Waals surface area contributed by atoms with Crippen molar-refractivity contribution in [3.63, 3.8) is 0 Å². The average molecular weight is 294 g/mol. The first kappa shape index (κ1) is 13.2. The first-order valence-corrected chi connectivity index (χ1v) is 7.07. The molecule has 1 fully saturated rings. The van der Waals surface area contributed by atoms with Gasteiger partial charge in [0.2, 0.25) is 0 Å². The van der Waals surface area contributed by atoms with Gasteiger partial charge in [-0.05, 0) is 32.3 Å². The molecule has 1 aliphatic rings. The van der Waals surface area contributed by atoms with Crippen LogP contribution in [0.15, 0.2) is 12.3 Å². The van der Waals surface area contributed by atoms with E-state index >= 15 is 0 Å². The number of likely N-dealkylation sites (tertiary alicyclic amines) is 1. The number of aromatic amines is 2. The van der Waals surface area contributed by atoms with Crippen LogP contribution in [-0.2, 0) is 0 Å². The largest absolute Gasteiger partial charge is 0.356 e. The molecular weight excluding hydrogens is 278 g/mol. The van der Waals surface area contributed by atoms with Crippen molar-refractivity contribution in [2.24, 2.45) is 0 Å². The van der Waals surface area contributed by atoms with E-state index in [1.807, 2.05) is 11.8 Å². The number of H-pyrrole nitrogens is 2. The van der Waals surface area contributed by atoms with Crippen LogP contribution in [-0.4, -0.2) is 37.5 Å². The van der Waals surface area contributed by atoms with Crippen LogP contribution < -0.4 is 0 Å². The highest BCUT2D eigenvalue weighted by atomic mass is 35.5. The van der Waals surface area contributed by atoms with E-state index in [0.29, 0.717) is 23.1 Å². The number of amides is 1. The van der Waals surface area contributed by atoms with E-state index in [1.165, 1.54) is 0 Å². The molecule has 0 bridgehead atoms. The number of carbonyl (C=O) groups excluding carboxylic acids is 1. The molecule has 2 aromatic rings. The molecule has 3 rings (SSSR count). The SMILES string of the molecule is Cc1nc(C2CCCCN2C(=O)c2cc(Cl)c[nH]2)n[nH]1. The minimum absolute atomic E-state index is 0.0518. The van der Waals surface area contributed by atoms with Crippen molar-refractivity contribution in [1.29, 1.82) is 0 Å². The van der Waals surface area contributed by atoms with E-state index in [9.17, 15) is 4.79 Å². The topological polar surface area (TPSA) is 77.7 Å². The normalized spacial score (nSPS) is 19.3. The first-order valence-electron chi connectivity index (χ1n) is 6.69. The summed E-state index contributed by atoms with van der Waals surface area (Å²) in [7, 11) is 0. The molecule has 1 amide bonds. The van der Waals surface area contributed by atoms with E-state index in [4.69, 9.17) is 11.6 Å². The van der Waals surface area contributed by atoms with Crippen molar-refractivity contribution in [3.8, 4) is 0 Å². The summed E-state index contributed by atoms with van der Waals surface area (Å²) < 4.78 is 0. The number of piperidine rings is 1. The predicted molar refractivity (Wildman–Crippen MR) is 74.6 cm³/mol. The van der Waals surface area contributed by atoms with Crippen LogP contribution >= 0.6 is 11.6 Å². The molecule has 20 heavy (non-hydrogen) atoms. The quantitative estimate of drug-likeness (QED) is 0.893. The minimum Gasteiger partial charge on any atom is -0.356 e. The van der Waals surface area contributed by atoms with Gasteiger partial charge in [-0.25, -0.2) is 4.98 Å². The van der Waals surface area contributed by atoms with Crippen LogP contribution in [0.5, 0.6) is 0 Å². The van der Waals surface area contributed by atoms with E-state index < -0.39 is 0 Å². The number of hydrogen-bond acceptors (Lipinski definition) is 3. The molecule has 7 heteroatoms. The van der Waals surface area contributed by atoms with E-state index in [1.54, 1.807) is 12.3 Å². The molecule has 0 saturated carbocycles. The molecule has 0 spiro atoms. The summed E-state index contributed by atoms with van der Waals surface area (Å²) in [6.07, 6.45) is 4.58. The lowest BCUT2D eigenvalue weighted by atomic mass is 10.0. The lowest BCUT2D eigenvalue weighted by Crippen LogP contribution is -2.39. The fourth-order valence-corrected chi connectivity index (χ4v) is 2.76. The molecule has 3 heterocycles. The van der Waals surface area contributed by atoms with Gasteiger partial charge < -0.3 is 9.88 Å². The molecular formula is C13H16ClN5O. The van der Waals surface area contributed by atoms with Gasteiger partial charge in [0.25, 0.3) is 5.91 Å². The maximum atomic E-state index is 12.6. The van der Waals surface area contributed by atoms with Crippen molar-refractivity contribution >= 4 is 17.5 Å². The molecule has 0 aromatic carbocycles. The van der Waals surface area contributed by atoms with Gasteiger partial charge >= 0.3 is 0 Å². The lowest BCUT2D eigenvalue weighted by Gasteiger charge is -2.33. The number of nitrogens with one attached hydrogen (secondary N) is 2. The van der Waals surface area contributed by atoms with Crippen molar-refractivity contribution in [3.05, 3.63) is 34.6 Å². The average Bonchev–Trinajstić information content (AvgIpc) is 3.07. The zero-order valence-corrected chi connectivity index (χ0v) is 11.9. The Morgan fingerprint density at radius 2 is 2.35 bits per heavy atom. The van der Waals surface area contributed by atoms with Gasteiger partial charge in [0.1, 0.15) is 11.5 Å². The van der Waals surface area contributed by atoms with Gasteiger partial charge in [0.15, 0.2) is 5.82 Å². The third kappa shape index (κ3) is 2.43. The van der Waals surface area contributed by atoms with Crippen LogP contribution in [0.3, 0.4) is 0 Å². The highest BCUT2D eigenvalue weighted by Crippen LogP contribution is 2.30. The highest BCUT2D eigenvalue weighted by Gasteiger charge is 2.31. The van der Waals surface area contributed by atoms with Crippen LogP contribution in [0.4, 0.5) is 0 Å². The molecule has 2 N–H and O–H groups in total. The van der Waals surface area contributed by atoms with Gasteiger partial charge in [-0.3, -0.25) is 9.89 Å². The predicted octanol–water partition coefficient (Wildman–Crippen LogP) is 2.46. The van der Waals surface area contributed by atoms with Crippen molar-refractivity contribution in [1.82, 2.24) is 25.1 Å². The van der Waals surface area contributed by atoms with Crippen LogP contribution in [0, 0.1) is 6.92 Å². The Kier molecular flexibility index (Phi) is 3.48. The van der Waals surface area contributed by atoms with Gasteiger partial charge in [-0.1, -0.05) is 11.6 Å². The lowest BCUT2D eigenvalue weighted by molar-refractivity contribution is 0.0595.